The molecule has 0 aliphatic rings. The Balaban J connectivity index is 1.59. The Kier molecular flexibility index (Phi) is 4.92. The van der Waals surface area contributed by atoms with E-state index in [4.69, 9.17) is 4.74 Å². The molecule has 4 nitrogen and oxygen atoms in total. The van der Waals surface area contributed by atoms with Gasteiger partial charge in [0.2, 0.25) is 5.16 Å². The second-order valence-corrected chi connectivity index (χ2v) is 6.41. The van der Waals surface area contributed by atoms with Gasteiger partial charge in [-0.3, -0.25) is 5.10 Å². The number of benzene rings is 1. The van der Waals surface area contributed by atoms with Crippen molar-refractivity contribution in [2.75, 3.05) is 7.11 Å². The van der Waals surface area contributed by atoms with Crippen LogP contribution in [0.4, 0.5) is 0 Å². The molecule has 0 bridgehead atoms. The van der Waals surface area contributed by atoms with Crippen molar-refractivity contribution >= 4 is 35.3 Å². The number of hydrogen-bond donors (Lipinski definition) is 1. The molecule has 6 heteroatoms. The zero-order valence-corrected chi connectivity index (χ0v) is 13.7. The highest BCUT2D eigenvalue weighted by Gasteiger charge is 2.03. The quantitative estimate of drug-likeness (QED) is 0.684. The van der Waals surface area contributed by atoms with Crippen LogP contribution in [0.3, 0.4) is 0 Å². The smallest absolute Gasteiger partial charge is 0.209 e. The molecule has 1 N–H and O–H groups in total. The summed E-state index contributed by atoms with van der Waals surface area (Å²) in [6.45, 7) is 0. The normalized spacial score (nSPS) is 11.1. The Morgan fingerprint density at radius 2 is 2.23 bits per heavy atom. The minimum Gasteiger partial charge on any atom is -0.497 e. The number of hydrogen-bond acceptors (Lipinski definition) is 5. The van der Waals surface area contributed by atoms with Gasteiger partial charge in [-0.25, -0.2) is 4.98 Å². The molecule has 0 aliphatic carbocycles. The second-order valence-electron chi connectivity index (χ2n) is 4.49. The Hall–Kier alpha value is -2.05. The number of nitrogens with one attached hydrogen (secondary N) is 1. The highest BCUT2D eigenvalue weighted by Crippen LogP contribution is 2.22. The van der Waals surface area contributed by atoms with E-state index in [1.165, 1.54) is 10.4 Å². The van der Waals surface area contributed by atoms with Crippen LogP contribution in [0.2, 0.25) is 0 Å². The first kappa shape index (κ1) is 14.9. The van der Waals surface area contributed by atoms with Crippen LogP contribution in [0.5, 0.6) is 5.75 Å². The topological polar surface area (TPSA) is 50.8 Å². The maximum absolute atomic E-state index is 5.22. The van der Waals surface area contributed by atoms with Crippen molar-refractivity contribution in [3.63, 3.8) is 0 Å². The fourth-order valence-corrected chi connectivity index (χ4v) is 3.22. The summed E-state index contributed by atoms with van der Waals surface area (Å²) in [6, 6.07) is 12.1. The molecule has 2 heterocycles. The number of aromatic amines is 1. The highest BCUT2D eigenvalue weighted by molar-refractivity contribution is 7.98. The number of thiophene rings is 1. The number of nitrogens with zero attached hydrogens (tertiary/aromatic N) is 2. The van der Waals surface area contributed by atoms with Gasteiger partial charge in [0.05, 0.1) is 7.11 Å². The Morgan fingerprint density at radius 3 is 3.05 bits per heavy atom. The van der Waals surface area contributed by atoms with Crippen molar-refractivity contribution in [2.45, 2.75) is 10.9 Å². The van der Waals surface area contributed by atoms with Gasteiger partial charge >= 0.3 is 0 Å². The minimum atomic E-state index is 0.744. The van der Waals surface area contributed by atoms with Gasteiger partial charge in [-0.1, -0.05) is 30.0 Å². The Bertz CT molecular complexity index is 750. The molecule has 0 radical (unpaired) electrons. The average Bonchev–Trinajstić information content (AvgIpc) is 3.22. The number of thioether (sulfide) groups is 1. The van der Waals surface area contributed by atoms with Crippen LogP contribution in [-0.2, 0) is 5.75 Å². The van der Waals surface area contributed by atoms with Crippen LogP contribution in [0.15, 0.2) is 46.9 Å². The van der Waals surface area contributed by atoms with Gasteiger partial charge in [-0.15, -0.1) is 16.4 Å². The summed E-state index contributed by atoms with van der Waals surface area (Å²) in [5.41, 5.74) is 1.19. The van der Waals surface area contributed by atoms with Crippen LogP contribution in [0, 0.1) is 0 Å². The van der Waals surface area contributed by atoms with Gasteiger partial charge in [0.15, 0.2) is 0 Å². The van der Waals surface area contributed by atoms with E-state index in [9.17, 15) is 0 Å². The Labute approximate surface area is 137 Å². The third-order valence-corrected chi connectivity index (χ3v) is 4.69. The number of aromatic nitrogens is 3. The van der Waals surface area contributed by atoms with Crippen LogP contribution >= 0.6 is 23.1 Å². The van der Waals surface area contributed by atoms with Crippen LogP contribution in [-0.4, -0.2) is 22.3 Å². The summed E-state index contributed by atoms with van der Waals surface area (Å²) >= 11 is 3.29. The number of ether oxygens (including phenoxy) is 1. The van der Waals surface area contributed by atoms with E-state index in [2.05, 4.69) is 32.7 Å². The highest BCUT2D eigenvalue weighted by atomic mass is 32.2. The van der Waals surface area contributed by atoms with Crippen LogP contribution in [0.1, 0.15) is 16.3 Å². The van der Waals surface area contributed by atoms with Crippen molar-refractivity contribution in [2.24, 2.45) is 0 Å². The fraction of sp³-hybridized carbons (Fsp3) is 0.125. The molecule has 0 spiro atoms. The molecular formula is C16H15N3OS2. The molecule has 0 saturated carbocycles. The first-order valence-electron chi connectivity index (χ1n) is 6.73. The van der Waals surface area contributed by atoms with E-state index in [0.29, 0.717) is 0 Å². The third kappa shape index (κ3) is 3.99. The predicted octanol–water partition coefficient (Wildman–Crippen LogP) is 4.34. The van der Waals surface area contributed by atoms with Gasteiger partial charge in [-0.2, -0.15) is 0 Å². The van der Waals surface area contributed by atoms with E-state index in [0.717, 1.165) is 22.5 Å². The summed E-state index contributed by atoms with van der Waals surface area (Å²) in [5, 5.41) is 9.95. The first-order valence-corrected chi connectivity index (χ1v) is 8.60. The third-order valence-electron chi connectivity index (χ3n) is 2.93. The molecule has 1 aromatic carbocycles. The lowest BCUT2D eigenvalue weighted by atomic mass is 10.2. The monoisotopic (exact) mass is 329 g/mol. The summed E-state index contributed by atoms with van der Waals surface area (Å²) in [6.07, 6.45) is 3.97. The van der Waals surface area contributed by atoms with Gasteiger partial charge < -0.3 is 4.74 Å². The zero-order chi connectivity index (χ0) is 15.2. The molecule has 112 valence electrons. The largest absolute Gasteiger partial charge is 0.497 e. The van der Waals surface area contributed by atoms with Crippen molar-refractivity contribution in [3.8, 4) is 5.75 Å². The van der Waals surface area contributed by atoms with Gasteiger partial charge in [0, 0.05) is 10.6 Å². The zero-order valence-electron chi connectivity index (χ0n) is 12.0. The molecular weight excluding hydrogens is 314 g/mol. The van der Waals surface area contributed by atoms with E-state index in [1.807, 2.05) is 36.4 Å². The van der Waals surface area contributed by atoms with Gasteiger partial charge in [0.1, 0.15) is 11.6 Å². The van der Waals surface area contributed by atoms with Crippen LogP contribution in [0.25, 0.3) is 12.2 Å². The molecule has 2 aromatic heterocycles. The second kappa shape index (κ2) is 7.29. The first-order chi connectivity index (χ1) is 10.8. The van der Waals surface area contributed by atoms with Crippen molar-refractivity contribution in [1.29, 1.82) is 0 Å². The number of H-pyrrole nitrogens is 1. The van der Waals surface area contributed by atoms with E-state index >= 15 is 0 Å². The standard InChI is InChI=1S/C16H15N3OS2/c1-20-13-5-2-4-12(10-13)11-22-16-17-15(18-19-16)8-7-14-6-3-9-21-14/h2-10H,11H2,1H3,(H,17,18,19)/b8-7+. The van der Waals surface area contributed by atoms with Crippen molar-refractivity contribution in [3.05, 3.63) is 58.0 Å². The molecule has 0 aliphatic heterocycles. The van der Waals surface area contributed by atoms with Gasteiger partial charge in [0.25, 0.3) is 0 Å². The average molecular weight is 329 g/mol. The predicted molar refractivity (Wildman–Crippen MR) is 92.2 cm³/mol. The molecule has 3 rings (SSSR count). The number of rotatable bonds is 6. The molecule has 0 unspecified atom stereocenters. The maximum atomic E-state index is 5.22. The summed E-state index contributed by atoms with van der Waals surface area (Å²) < 4.78 is 5.22. The maximum Gasteiger partial charge on any atom is 0.209 e. The van der Waals surface area contributed by atoms with Gasteiger partial charge in [-0.05, 0) is 41.3 Å². The Morgan fingerprint density at radius 1 is 1.27 bits per heavy atom. The lowest BCUT2D eigenvalue weighted by Crippen LogP contribution is -1.86. The molecule has 22 heavy (non-hydrogen) atoms. The lowest BCUT2D eigenvalue weighted by molar-refractivity contribution is 0.414. The van der Waals surface area contributed by atoms with Crippen LogP contribution < -0.4 is 4.74 Å². The molecule has 0 atom stereocenters. The van der Waals surface area contributed by atoms with E-state index < -0.39 is 0 Å². The molecule has 0 saturated heterocycles. The molecule has 3 aromatic rings. The lowest BCUT2D eigenvalue weighted by Gasteiger charge is -2.02. The minimum absolute atomic E-state index is 0.744. The summed E-state index contributed by atoms with van der Waals surface area (Å²) in [5.74, 6) is 2.44. The summed E-state index contributed by atoms with van der Waals surface area (Å²) in [4.78, 5) is 5.65. The SMILES string of the molecule is COc1cccc(CSc2n[nH]c(/C=C/c3cccs3)n2)c1. The van der Waals surface area contributed by atoms with E-state index in [1.54, 1.807) is 30.2 Å². The van der Waals surface area contributed by atoms with Crippen molar-refractivity contribution < 1.29 is 4.74 Å². The van der Waals surface area contributed by atoms with Crippen molar-refractivity contribution in [1.82, 2.24) is 15.2 Å². The number of methoxy groups -OCH3 is 1. The summed E-state index contributed by atoms with van der Waals surface area (Å²) in [7, 11) is 1.67. The van der Waals surface area contributed by atoms with E-state index in [-0.39, 0.29) is 0 Å². The molecule has 0 amide bonds. The molecule has 0 fully saturated rings. The fourth-order valence-electron chi connectivity index (χ4n) is 1.85.